The molecule has 0 saturated heterocycles. The Hall–Kier alpha value is -4.20. The number of carbonyl (C=O) groups excluding carboxylic acids is 2. The molecule has 8 heteroatoms. The quantitative estimate of drug-likeness (QED) is 0.419. The van der Waals surface area contributed by atoms with Crippen LogP contribution in [0, 0.1) is 6.92 Å². The van der Waals surface area contributed by atoms with E-state index in [4.69, 9.17) is 10.5 Å². The molecule has 1 amide bonds. The Balaban J connectivity index is 1.76. The van der Waals surface area contributed by atoms with Crippen LogP contribution in [-0.4, -0.2) is 37.8 Å². The summed E-state index contributed by atoms with van der Waals surface area (Å²) < 4.78 is 9.05. The zero-order chi connectivity index (χ0) is 23.4. The van der Waals surface area contributed by atoms with Crippen molar-refractivity contribution in [3.8, 4) is 22.6 Å². The normalized spacial score (nSPS) is 10.8. The van der Waals surface area contributed by atoms with Gasteiger partial charge in [-0.25, -0.2) is 0 Å². The number of aryl methyl sites for hydroxylation is 2. The molecule has 2 heterocycles. The molecule has 0 unspecified atom stereocenters. The fourth-order valence-electron chi connectivity index (χ4n) is 3.85. The van der Waals surface area contributed by atoms with E-state index in [1.54, 1.807) is 31.7 Å². The van der Waals surface area contributed by atoms with Gasteiger partial charge in [0.2, 0.25) is 5.91 Å². The van der Waals surface area contributed by atoms with Crippen molar-refractivity contribution in [3.63, 3.8) is 0 Å². The molecule has 4 aromatic rings. The van der Waals surface area contributed by atoms with Gasteiger partial charge in [0.1, 0.15) is 12.7 Å². The predicted octanol–water partition coefficient (Wildman–Crippen LogP) is 3.63. The Morgan fingerprint density at radius 2 is 1.73 bits per heavy atom. The van der Waals surface area contributed by atoms with Crippen LogP contribution in [-0.2, 0) is 16.0 Å². The largest absolute Gasteiger partial charge is 0.466 e. The molecule has 0 radical (unpaired) electrons. The van der Waals surface area contributed by atoms with Crippen LogP contribution in [0.15, 0.2) is 67.3 Å². The van der Waals surface area contributed by atoms with Crippen LogP contribution in [0.2, 0.25) is 0 Å². The molecule has 0 aliphatic heterocycles. The third-order valence-corrected chi connectivity index (χ3v) is 5.45. The van der Waals surface area contributed by atoms with Gasteiger partial charge in [-0.05, 0) is 73.9 Å². The van der Waals surface area contributed by atoms with Crippen molar-refractivity contribution >= 4 is 11.9 Å². The average molecular weight is 444 g/mol. The SMILES string of the molecule is CCOC(=O)CCc1ccc(-c2ccc(-n3cnnc3)cc2)n1-c1ccc(C(N)=O)cc1C. The van der Waals surface area contributed by atoms with Crippen molar-refractivity contribution in [2.75, 3.05) is 6.61 Å². The highest BCUT2D eigenvalue weighted by atomic mass is 16.5. The van der Waals surface area contributed by atoms with Crippen LogP contribution >= 0.6 is 0 Å². The van der Waals surface area contributed by atoms with Gasteiger partial charge in [0, 0.05) is 22.6 Å². The summed E-state index contributed by atoms with van der Waals surface area (Å²) in [5.74, 6) is -0.699. The third-order valence-electron chi connectivity index (χ3n) is 5.45. The second-order valence-electron chi connectivity index (χ2n) is 7.63. The zero-order valence-corrected chi connectivity index (χ0v) is 18.6. The minimum absolute atomic E-state index is 0.231. The van der Waals surface area contributed by atoms with Crippen LogP contribution in [0.3, 0.4) is 0 Å². The van der Waals surface area contributed by atoms with Crippen LogP contribution in [0.25, 0.3) is 22.6 Å². The van der Waals surface area contributed by atoms with Crippen molar-refractivity contribution in [2.45, 2.75) is 26.7 Å². The molecule has 0 aliphatic carbocycles. The van der Waals surface area contributed by atoms with Gasteiger partial charge < -0.3 is 15.0 Å². The summed E-state index contributed by atoms with van der Waals surface area (Å²) in [6.07, 6.45) is 4.10. The first-order chi connectivity index (χ1) is 16.0. The molecule has 33 heavy (non-hydrogen) atoms. The summed E-state index contributed by atoms with van der Waals surface area (Å²) in [4.78, 5) is 23.6. The highest BCUT2D eigenvalue weighted by Crippen LogP contribution is 2.30. The maximum absolute atomic E-state index is 12.0. The lowest BCUT2D eigenvalue weighted by Crippen LogP contribution is -2.12. The van der Waals surface area contributed by atoms with Crippen LogP contribution in [0.5, 0.6) is 0 Å². The zero-order valence-electron chi connectivity index (χ0n) is 18.6. The van der Waals surface area contributed by atoms with Crippen molar-refractivity contribution in [3.05, 3.63) is 84.1 Å². The molecule has 2 aromatic carbocycles. The second-order valence-corrected chi connectivity index (χ2v) is 7.63. The lowest BCUT2D eigenvalue weighted by atomic mass is 10.1. The van der Waals surface area contributed by atoms with Gasteiger partial charge in [-0.3, -0.25) is 14.2 Å². The van der Waals surface area contributed by atoms with Gasteiger partial charge >= 0.3 is 5.97 Å². The molecule has 0 atom stereocenters. The smallest absolute Gasteiger partial charge is 0.306 e. The van der Waals surface area contributed by atoms with Gasteiger partial charge in [0.25, 0.3) is 0 Å². The summed E-state index contributed by atoms with van der Waals surface area (Å²) in [6, 6.07) is 17.5. The number of ether oxygens (including phenoxy) is 1. The van der Waals surface area contributed by atoms with Gasteiger partial charge in [-0.2, -0.15) is 0 Å². The van der Waals surface area contributed by atoms with E-state index in [0.29, 0.717) is 18.6 Å². The number of hydrogen-bond donors (Lipinski definition) is 1. The molecule has 2 aromatic heterocycles. The van der Waals surface area contributed by atoms with E-state index in [0.717, 1.165) is 33.9 Å². The molecular weight excluding hydrogens is 418 g/mol. The van der Waals surface area contributed by atoms with E-state index in [1.165, 1.54) is 0 Å². The summed E-state index contributed by atoms with van der Waals surface area (Å²) in [7, 11) is 0. The van der Waals surface area contributed by atoms with Gasteiger partial charge in [-0.15, -0.1) is 10.2 Å². The Labute approximate surface area is 191 Å². The number of hydrogen-bond acceptors (Lipinski definition) is 5. The standard InChI is InChI=1S/C25H25N5O3/c1-3-33-24(31)13-10-21-9-12-23(18-4-7-20(8-5-18)29-15-27-28-16-29)30(21)22-11-6-19(25(26)32)14-17(22)2/h4-9,11-12,14-16H,3,10,13H2,1-2H3,(H2,26,32). The molecule has 0 spiro atoms. The number of rotatable bonds is 8. The Bertz CT molecular complexity index is 1270. The number of primary amides is 1. The van der Waals surface area contributed by atoms with Gasteiger partial charge in [0.15, 0.2) is 0 Å². The van der Waals surface area contributed by atoms with Crippen molar-refractivity contribution in [2.24, 2.45) is 5.73 Å². The van der Waals surface area contributed by atoms with E-state index >= 15 is 0 Å². The Kier molecular flexibility index (Phi) is 6.35. The Morgan fingerprint density at radius 3 is 2.36 bits per heavy atom. The highest BCUT2D eigenvalue weighted by molar-refractivity contribution is 5.93. The Morgan fingerprint density at radius 1 is 1.00 bits per heavy atom. The first-order valence-corrected chi connectivity index (χ1v) is 10.7. The molecule has 0 fully saturated rings. The molecule has 2 N–H and O–H groups in total. The second kappa shape index (κ2) is 9.52. The van der Waals surface area contributed by atoms with E-state index in [9.17, 15) is 9.59 Å². The molecular formula is C25H25N5O3. The summed E-state index contributed by atoms with van der Waals surface area (Å²) in [6.45, 7) is 4.10. The number of carbonyl (C=O) groups is 2. The fourth-order valence-corrected chi connectivity index (χ4v) is 3.85. The topological polar surface area (TPSA) is 105 Å². The monoisotopic (exact) mass is 443 g/mol. The van der Waals surface area contributed by atoms with Crippen LogP contribution in [0.4, 0.5) is 0 Å². The maximum atomic E-state index is 12.0. The predicted molar refractivity (Wildman–Crippen MR) is 124 cm³/mol. The molecule has 8 nitrogen and oxygen atoms in total. The van der Waals surface area contributed by atoms with Gasteiger partial charge in [-0.1, -0.05) is 12.1 Å². The minimum atomic E-state index is -0.468. The van der Waals surface area contributed by atoms with Crippen molar-refractivity contribution in [1.29, 1.82) is 0 Å². The first-order valence-electron chi connectivity index (χ1n) is 10.7. The summed E-state index contributed by atoms with van der Waals surface area (Å²) in [5.41, 5.74) is 11.6. The number of esters is 1. The molecule has 168 valence electrons. The highest BCUT2D eigenvalue weighted by Gasteiger charge is 2.16. The number of benzene rings is 2. The van der Waals surface area contributed by atoms with Crippen molar-refractivity contribution < 1.29 is 14.3 Å². The van der Waals surface area contributed by atoms with Crippen molar-refractivity contribution in [1.82, 2.24) is 19.3 Å². The number of nitrogens with zero attached hydrogens (tertiary/aromatic N) is 4. The summed E-state index contributed by atoms with van der Waals surface area (Å²) in [5, 5.41) is 7.70. The molecule has 0 saturated carbocycles. The minimum Gasteiger partial charge on any atom is -0.466 e. The fraction of sp³-hybridized carbons (Fsp3) is 0.200. The number of nitrogens with two attached hydrogens (primary N) is 1. The van der Waals surface area contributed by atoms with E-state index in [1.807, 2.05) is 54.0 Å². The average Bonchev–Trinajstić information content (AvgIpc) is 3.48. The van der Waals surface area contributed by atoms with Crippen LogP contribution < -0.4 is 5.73 Å². The van der Waals surface area contributed by atoms with Crippen LogP contribution in [0.1, 0.15) is 35.0 Å². The van der Waals surface area contributed by atoms with E-state index in [-0.39, 0.29) is 12.4 Å². The molecule has 0 aliphatic rings. The summed E-state index contributed by atoms with van der Waals surface area (Å²) >= 11 is 0. The lowest BCUT2D eigenvalue weighted by molar-refractivity contribution is -0.143. The van der Waals surface area contributed by atoms with E-state index < -0.39 is 5.91 Å². The molecule has 4 rings (SSSR count). The number of aromatic nitrogens is 4. The first kappa shape index (κ1) is 22.0. The lowest BCUT2D eigenvalue weighted by Gasteiger charge is -2.17. The van der Waals surface area contributed by atoms with E-state index in [2.05, 4.69) is 14.8 Å². The number of amides is 1. The maximum Gasteiger partial charge on any atom is 0.306 e. The van der Waals surface area contributed by atoms with Gasteiger partial charge in [0.05, 0.1) is 18.7 Å². The third kappa shape index (κ3) is 4.69. The molecule has 0 bridgehead atoms.